The highest BCUT2D eigenvalue weighted by Crippen LogP contribution is 1.90. The van der Waals surface area contributed by atoms with E-state index in [4.69, 9.17) is 17.2 Å². The van der Waals surface area contributed by atoms with Crippen molar-refractivity contribution in [1.82, 2.24) is 0 Å². The second-order valence-corrected chi connectivity index (χ2v) is 2.45. The third kappa shape index (κ3) is 3.55. The zero-order valence-electron chi connectivity index (χ0n) is 6.21. The lowest BCUT2D eigenvalue weighted by molar-refractivity contribution is -0.120. The van der Waals surface area contributed by atoms with Gasteiger partial charge in [0.25, 0.3) is 0 Å². The van der Waals surface area contributed by atoms with E-state index in [9.17, 15) is 4.79 Å². The van der Waals surface area contributed by atoms with Gasteiger partial charge in [-0.05, 0) is 6.92 Å². The summed E-state index contributed by atoms with van der Waals surface area (Å²) in [6, 6.07) is -0.656. The Kier molecular flexibility index (Phi) is 4.18. The van der Waals surface area contributed by atoms with E-state index in [1.165, 1.54) is 0 Å². The molecule has 0 aromatic heterocycles. The normalized spacial score (nSPS) is 16.4. The van der Waals surface area contributed by atoms with Gasteiger partial charge in [0.1, 0.15) is 0 Å². The first-order valence-electron chi connectivity index (χ1n) is 3.32. The molecule has 60 valence electrons. The largest absolute Gasteiger partial charge is 0.329 e. The van der Waals surface area contributed by atoms with Crippen LogP contribution in [0.5, 0.6) is 0 Å². The van der Waals surface area contributed by atoms with Crippen LogP contribution in [-0.4, -0.2) is 24.4 Å². The Morgan fingerprint density at radius 1 is 1.50 bits per heavy atom. The summed E-state index contributed by atoms with van der Waals surface area (Å²) in [5, 5.41) is 0. The van der Waals surface area contributed by atoms with Crippen molar-refractivity contribution >= 4 is 5.78 Å². The molecule has 0 amide bonds. The number of ketones is 1. The Morgan fingerprint density at radius 3 is 2.30 bits per heavy atom. The predicted molar refractivity (Wildman–Crippen MR) is 40.3 cm³/mol. The zero-order valence-corrected chi connectivity index (χ0v) is 6.21. The first-order valence-corrected chi connectivity index (χ1v) is 3.32. The lowest BCUT2D eigenvalue weighted by Gasteiger charge is -2.08. The molecule has 0 heterocycles. The molecule has 6 N–H and O–H groups in total. The molecule has 0 aliphatic heterocycles. The van der Waals surface area contributed by atoms with Gasteiger partial charge in [-0.3, -0.25) is 4.79 Å². The van der Waals surface area contributed by atoms with Gasteiger partial charge in [-0.1, -0.05) is 0 Å². The summed E-state index contributed by atoms with van der Waals surface area (Å²) in [5.74, 6) is -0.0297. The van der Waals surface area contributed by atoms with E-state index in [2.05, 4.69) is 0 Å². The topological polar surface area (TPSA) is 95.1 Å². The van der Waals surface area contributed by atoms with Crippen molar-refractivity contribution in [2.24, 2.45) is 17.2 Å². The molecule has 0 aliphatic rings. The lowest BCUT2D eigenvalue weighted by atomic mass is 10.1. The second kappa shape index (κ2) is 4.38. The van der Waals surface area contributed by atoms with Crippen LogP contribution in [0.3, 0.4) is 0 Å². The molecule has 0 saturated carbocycles. The number of hydrogen-bond donors (Lipinski definition) is 3. The molecule has 0 bridgehead atoms. The van der Waals surface area contributed by atoms with Crippen molar-refractivity contribution in [3.05, 3.63) is 0 Å². The van der Waals surface area contributed by atoms with Crippen molar-refractivity contribution < 1.29 is 4.79 Å². The number of carbonyl (C=O) groups excluding carboxylic acids is 1. The quantitative estimate of drug-likeness (QED) is 0.452. The molecule has 0 saturated heterocycles. The Morgan fingerprint density at radius 2 is 2.00 bits per heavy atom. The number of rotatable bonds is 4. The first-order chi connectivity index (χ1) is 4.57. The molecule has 0 aliphatic carbocycles. The van der Waals surface area contributed by atoms with Crippen LogP contribution in [-0.2, 0) is 4.79 Å². The third-order valence-corrected chi connectivity index (χ3v) is 1.27. The Balaban J connectivity index is 3.57. The molecule has 10 heavy (non-hydrogen) atoms. The van der Waals surface area contributed by atoms with E-state index >= 15 is 0 Å². The highest BCUT2D eigenvalue weighted by atomic mass is 16.1. The van der Waals surface area contributed by atoms with Crippen molar-refractivity contribution in [3.8, 4) is 0 Å². The molecular formula is C6H15N3O. The lowest BCUT2D eigenvalue weighted by Crippen LogP contribution is -2.37. The number of nitrogens with two attached hydrogens (primary N) is 3. The van der Waals surface area contributed by atoms with Gasteiger partial charge in [0.2, 0.25) is 0 Å². The van der Waals surface area contributed by atoms with Crippen molar-refractivity contribution in [1.29, 1.82) is 0 Å². The molecular weight excluding hydrogens is 130 g/mol. The average Bonchev–Trinajstić information content (AvgIpc) is 1.87. The summed E-state index contributed by atoms with van der Waals surface area (Å²) in [7, 11) is 0. The SMILES string of the molecule is CC(N)C(=O)CC(N)CN. The van der Waals surface area contributed by atoms with Gasteiger partial charge >= 0.3 is 0 Å². The van der Waals surface area contributed by atoms with Crippen LogP contribution in [0.25, 0.3) is 0 Å². The molecule has 0 aromatic carbocycles. The Labute approximate surface area is 60.7 Å². The van der Waals surface area contributed by atoms with Crippen LogP contribution in [0.15, 0.2) is 0 Å². The molecule has 0 fully saturated rings. The minimum absolute atomic E-state index is 0.0297. The molecule has 0 aromatic rings. The van der Waals surface area contributed by atoms with E-state index in [-0.39, 0.29) is 18.2 Å². The standard InChI is InChI=1S/C6H15N3O/c1-4(8)6(10)2-5(9)3-7/h4-5H,2-3,7-9H2,1H3. The zero-order chi connectivity index (χ0) is 8.15. The van der Waals surface area contributed by atoms with Gasteiger partial charge in [0.05, 0.1) is 6.04 Å². The van der Waals surface area contributed by atoms with Crippen molar-refractivity contribution in [2.75, 3.05) is 6.54 Å². The van der Waals surface area contributed by atoms with E-state index in [1.807, 2.05) is 0 Å². The summed E-state index contributed by atoms with van der Waals surface area (Å²) < 4.78 is 0. The highest BCUT2D eigenvalue weighted by molar-refractivity contribution is 5.83. The van der Waals surface area contributed by atoms with Crippen LogP contribution >= 0.6 is 0 Å². The summed E-state index contributed by atoms with van der Waals surface area (Å²) in [5.41, 5.74) is 15.9. The minimum Gasteiger partial charge on any atom is -0.329 e. The van der Waals surface area contributed by atoms with Crippen LogP contribution in [0.4, 0.5) is 0 Å². The van der Waals surface area contributed by atoms with E-state index in [0.29, 0.717) is 6.54 Å². The fourth-order valence-corrected chi connectivity index (χ4v) is 0.528. The average molecular weight is 145 g/mol. The molecule has 0 radical (unpaired) electrons. The first kappa shape index (κ1) is 9.55. The van der Waals surface area contributed by atoms with Crippen LogP contribution in [0.2, 0.25) is 0 Å². The van der Waals surface area contributed by atoms with Gasteiger partial charge < -0.3 is 17.2 Å². The molecule has 4 heteroatoms. The van der Waals surface area contributed by atoms with E-state index < -0.39 is 6.04 Å². The maximum Gasteiger partial charge on any atom is 0.150 e. The predicted octanol–water partition coefficient (Wildman–Crippen LogP) is -1.42. The van der Waals surface area contributed by atoms with Gasteiger partial charge in [-0.25, -0.2) is 0 Å². The monoisotopic (exact) mass is 145 g/mol. The molecule has 4 nitrogen and oxygen atoms in total. The maximum absolute atomic E-state index is 10.9. The van der Waals surface area contributed by atoms with Crippen molar-refractivity contribution in [3.63, 3.8) is 0 Å². The second-order valence-electron chi connectivity index (χ2n) is 2.45. The van der Waals surface area contributed by atoms with Gasteiger partial charge in [-0.2, -0.15) is 0 Å². The number of carbonyl (C=O) groups is 1. The number of Topliss-reactive ketones (excluding diaryl/α,β-unsaturated/α-hetero) is 1. The van der Waals surface area contributed by atoms with Crippen LogP contribution in [0, 0.1) is 0 Å². The summed E-state index contributed by atoms with van der Waals surface area (Å²) >= 11 is 0. The Hall–Kier alpha value is -0.450. The summed E-state index contributed by atoms with van der Waals surface area (Å²) in [4.78, 5) is 10.9. The van der Waals surface area contributed by atoms with E-state index in [0.717, 1.165) is 0 Å². The summed E-state index contributed by atoms with van der Waals surface area (Å²) in [6.07, 6.45) is 0.286. The van der Waals surface area contributed by atoms with Crippen LogP contribution in [0.1, 0.15) is 13.3 Å². The fourth-order valence-electron chi connectivity index (χ4n) is 0.528. The minimum atomic E-state index is -0.419. The highest BCUT2D eigenvalue weighted by Gasteiger charge is 2.10. The smallest absolute Gasteiger partial charge is 0.150 e. The third-order valence-electron chi connectivity index (χ3n) is 1.27. The van der Waals surface area contributed by atoms with E-state index in [1.54, 1.807) is 6.92 Å². The molecule has 0 spiro atoms. The van der Waals surface area contributed by atoms with Crippen molar-refractivity contribution in [2.45, 2.75) is 25.4 Å². The molecule has 0 rings (SSSR count). The number of hydrogen-bond acceptors (Lipinski definition) is 4. The van der Waals surface area contributed by atoms with Gasteiger partial charge in [0, 0.05) is 19.0 Å². The molecule has 2 unspecified atom stereocenters. The van der Waals surface area contributed by atoms with Crippen LogP contribution < -0.4 is 17.2 Å². The maximum atomic E-state index is 10.9. The van der Waals surface area contributed by atoms with Gasteiger partial charge in [0.15, 0.2) is 5.78 Å². The summed E-state index contributed by atoms with van der Waals surface area (Å²) in [6.45, 7) is 1.98. The fraction of sp³-hybridized carbons (Fsp3) is 0.833. The molecule has 2 atom stereocenters. The van der Waals surface area contributed by atoms with Gasteiger partial charge in [-0.15, -0.1) is 0 Å². The Bertz CT molecular complexity index is 114.